The molecule has 4 heteroatoms. The number of oxime groups is 1. The molecule has 0 aromatic heterocycles. The SMILES string of the molecule is CO/N=C1\CC[C@@H](C#N)N(C)C1. The third-order valence-corrected chi connectivity index (χ3v) is 2.04. The first-order valence-corrected chi connectivity index (χ1v) is 3.96. The largest absolute Gasteiger partial charge is 0.399 e. The molecule has 0 aromatic carbocycles. The van der Waals surface area contributed by atoms with Gasteiger partial charge in [0, 0.05) is 6.54 Å². The fourth-order valence-corrected chi connectivity index (χ4v) is 1.37. The minimum atomic E-state index is 0.0424. The standard InChI is InChI=1S/C8H13N3O/c1-11-6-7(10-12-2)3-4-8(11)5-9/h8H,3-4,6H2,1-2H3/b10-7+/t8-/m0/s1. The lowest BCUT2D eigenvalue weighted by atomic mass is 10.0. The highest BCUT2D eigenvalue weighted by atomic mass is 16.6. The Kier molecular flexibility index (Phi) is 3.06. The molecule has 12 heavy (non-hydrogen) atoms. The zero-order chi connectivity index (χ0) is 8.97. The number of rotatable bonds is 1. The maximum Gasteiger partial charge on any atom is 0.106 e. The Hall–Kier alpha value is -1.08. The molecule has 0 N–H and O–H groups in total. The van der Waals surface area contributed by atoms with Crippen LogP contribution in [0.4, 0.5) is 0 Å². The van der Waals surface area contributed by atoms with E-state index in [2.05, 4.69) is 16.1 Å². The molecule has 1 saturated heterocycles. The van der Waals surface area contributed by atoms with E-state index in [1.807, 2.05) is 11.9 Å². The molecule has 0 amide bonds. The van der Waals surface area contributed by atoms with E-state index in [0.717, 1.165) is 25.1 Å². The van der Waals surface area contributed by atoms with Gasteiger partial charge >= 0.3 is 0 Å². The number of nitriles is 1. The van der Waals surface area contributed by atoms with Crippen molar-refractivity contribution in [2.75, 3.05) is 20.7 Å². The van der Waals surface area contributed by atoms with Gasteiger partial charge in [0.25, 0.3) is 0 Å². The van der Waals surface area contributed by atoms with Crippen molar-refractivity contribution in [1.82, 2.24) is 4.90 Å². The van der Waals surface area contributed by atoms with Crippen molar-refractivity contribution in [2.24, 2.45) is 5.16 Å². The monoisotopic (exact) mass is 167 g/mol. The van der Waals surface area contributed by atoms with Gasteiger partial charge < -0.3 is 4.84 Å². The zero-order valence-corrected chi connectivity index (χ0v) is 7.45. The summed E-state index contributed by atoms with van der Waals surface area (Å²) in [5.74, 6) is 0. The fraction of sp³-hybridized carbons (Fsp3) is 0.750. The van der Waals surface area contributed by atoms with Crippen molar-refractivity contribution >= 4 is 5.71 Å². The molecule has 1 fully saturated rings. The summed E-state index contributed by atoms with van der Waals surface area (Å²) in [6, 6.07) is 2.29. The van der Waals surface area contributed by atoms with E-state index < -0.39 is 0 Å². The third kappa shape index (κ3) is 1.95. The number of hydrogen-bond donors (Lipinski definition) is 0. The molecule has 0 saturated carbocycles. The molecular formula is C8H13N3O. The van der Waals surface area contributed by atoms with E-state index in [0.29, 0.717) is 0 Å². The van der Waals surface area contributed by atoms with Gasteiger partial charge in [-0.25, -0.2) is 0 Å². The Morgan fingerprint density at radius 3 is 3.00 bits per heavy atom. The summed E-state index contributed by atoms with van der Waals surface area (Å²) in [5, 5.41) is 12.6. The first-order valence-electron chi connectivity index (χ1n) is 3.96. The van der Waals surface area contributed by atoms with Crippen LogP contribution < -0.4 is 0 Å². The predicted octanol–water partition coefficient (Wildman–Crippen LogP) is 0.607. The topological polar surface area (TPSA) is 48.6 Å². The van der Waals surface area contributed by atoms with E-state index >= 15 is 0 Å². The van der Waals surface area contributed by atoms with Gasteiger partial charge in [-0.2, -0.15) is 5.26 Å². The van der Waals surface area contributed by atoms with Crippen LogP contribution in [0, 0.1) is 11.3 Å². The van der Waals surface area contributed by atoms with Crippen molar-refractivity contribution in [1.29, 1.82) is 5.26 Å². The molecule has 0 unspecified atom stereocenters. The third-order valence-electron chi connectivity index (χ3n) is 2.04. The van der Waals surface area contributed by atoms with Gasteiger partial charge in [0.05, 0.1) is 17.8 Å². The highest BCUT2D eigenvalue weighted by Crippen LogP contribution is 2.12. The number of hydrogen-bond acceptors (Lipinski definition) is 4. The molecule has 0 bridgehead atoms. The predicted molar refractivity (Wildman–Crippen MR) is 45.7 cm³/mol. The molecule has 1 heterocycles. The molecule has 0 aromatic rings. The van der Waals surface area contributed by atoms with Crippen LogP contribution in [0.3, 0.4) is 0 Å². The molecule has 1 rings (SSSR count). The number of nitrogens with zero attached hydrogens (tertiary/aromatic N) is 3. The van der Waals surface area contributed by atoms with Gasteiger partial charge in [-0.3, -0.25) is 4.90 Å². The van der Waals surface area contributed by atoms with Crippen LogP contribution in [0.5, 0.6) is 0 Å². The minimum Gasteiger partial charge on any atom is -0.399 e. The molecule has 1 aliphatic heterocycles. The molecule has 1 aliphatic rings. The normalized spacial score (nSPS) is 28.4. The smallest absolute Gasteiger partial charge is 0.106 e. The van der Waals surface area contributed by atoms with Crippen molar-refractivity contribution in [3.8, 4) is 6.07 Å². The van der Waals surface area contributed by atoms with E-state index in [1.54, 1.807) is 7.11 Å². The first kappa shape index (κ1) is 9.01. The summed E-state index contributed by atoms with van der Waals surface area (Å²) >= 11 is 0. The van der Waals surface area contributed by atoms with Crippen molar-refractivity contribution in [2.45, 2.75) is 18.9 Å². The summed E-state index contributed by atoms with van der Waals surface area (Å²) in [5.41, 5.74) is 1.02. The maximum atomic E-state index is 8.71. The van der Waals surface area contributed by atoms with E-state index in [-0.39, 0.29) is 6.04 Å². The van der Waals surface area contributed by atoms with Crippen LogP contribution in [-0.2, 0) is 4.84 Å². The maximum absolute atomic E-state index is 8.71. The van der Waals surface area contributed by atoms with Crippen molar-refractivity contribution < 1.29 is 4.84 Å². The lowest BCUT2D eigenvalue weighted by Gasteiger charge is -2.27. The van der Waals surface area contributed by atoms with Gasteiger partial charge in [0.2, 0.25) is 0 Å². The first-order chi connectivity index (χ1) is 5.77. The minimum absolute atomic E-state index is 0.0424. The van der Waals surface area contributed by atoms with Crippen LogP contribution in [0.1, 0.15) is 12.8 Å². The lowest BCUT2D eigenvalue weighted by molar-refractivity contribution is 0.204. The number of likely N-dealkylation sites (tertiary alicyclic amines) is 1. The Bertz CT molecular complexity index is 219. The van der Waals surface area contributed by atoms with Gasteiger partial charge in [-0.1, -0.05) is 5.16 Å². The van der Waals surface area contributed by atoms with Gasteiger partial charge in [0.15, 0.2) is 0 Å². The summed E-state index contributed by atoms with van der Waals surface area (Å²) in [6.07, 6.45) is 1.73. The molecule has 4 nitrogen and oxygen atoms in total. The van der Waals surface area contributed by atoms with Gasteiger partial charge in [-0.15, -0.1) is 0 Å². The summed E-state index contributed by atoms with van der Waals surface area (Å²) < 4.78 is 0. The van der Waals surface area contributed by atoms with Crippen LogP contribution >= 0.6 is 0 Å². The average molecular weight is 167 g/mol. The van der Waals surface area contributed by atoms with Crippen LogP contribution in [-0.4, -0.2) is 37.4 Å². The van der Waals surface area contributed by atoms with Crippen molar-refractivity contribution in [3.63, 3.8) is 0 Å². The summed E-state index contributed by atoms with van der Waals surface area (Å²) in [4.78, 5) is 6.66. The van der Waals surface area contributed by atoms with Crippen LogP contribution in [0.25, 0.3) is 0 Å². The van der Waals surface area contributed by atoms with Crippen LogP contribution in [0.15, 0.2) is 5.16 Å². The molecule has 0 radical (unpaired) electrons. The Balaban J connectivity index is 2.53. The molecule has 0 aliphatic carbocycles. The summed E-state index contributed by atoms with van der Waals surface area (Å²) in [7, 11) is 3.47. The second kappa shape index (κ2) is 4.07. The van der Waals surface area contributed by atoms with Crippen molar-refractivity contribution in [3.05, 3.63) is 0 Å². The molecule has 66 valence electrons. The zero-order valence-electron chi connectivity index (χ0n) is 7.45. The van der Waals surface area contributed by atoms with E-state index in [1.165, 1.54) is 0 Å². The second-order valence-corrected chi connectivity index (χ2v) is 2.94. The number of piperidine rings is 1. The Morgan fingerprint density at radius 1 is 1.75 bits per heavy atom. The highest BCUT2D eigenvalue weighted by Gasteiger charge is 2.22. The lowest BCUT2D eigenvalue weighted by Crippen LogP contribution is -2.40. The van der Waals surface area contributed by atoms with E-state index in [4.69, 9.17) is 5.26 Å². The van der Waals surface area contributed by atoms with E-state index in [9.17, 15) is 0 Å². The fourth-order valence-electron chi connectivity index (χ4n) is 1.37. The highest BCUT2D eigenvalue weighted by molar-refractivity contribution is 5.86. The Morgan fingerprint density at radius 2 is 2.50 bits per heavy atom. The summed E-state index contributed by atoms with van der Waals surface area (Å²) in [6.45, 7) is 0.742. The van der Waals surface area contributed by atoms with Gasteiger partial charge in [0.1, 0.15) is 7.11 Å². The average Bonchev–Trinajstić information content (AvgIpc) is 2.05. The van der Waals surface area contributed by atoms with Gasteiger partial charge in [-0.05, 0) is 19.9 Å². The van der Waals surface area contributed by atoms with Crippen LogP contribution in [0.2, 0.25) is 0 Å². The molecule has 0 spiro atoms. The molecule has 1 atom stereocenters. The second-order valence-electron chi connectivity index (χ2n) is 2.94. The molecular weight excluding hydrogens is 154 g/mol. The quantitative estimate of drug-likeness (QED) is 0.537. The Labute approximate surface area is 72.4 Å².